The van der Waals surface area contributed by atoms with Crippen LogP contribution in [0.1, 0.15) is 38.5 Å². The predicted molar refractivity (Wildman–Crippen MR) is 109 cm³/mol. The second kappa shape index (κ2) is 9.98. The Morgan fingerprint density at radius 3 is 2.89 bits per heavy atom. The zero-order valence-electron chi connectivity index (χ0n) is 16.7. The van der Waals surface area contributed by atoms with Crippen molar-refractivity contribution < 1.29 is 14.3 Å². The molecule has 0 bridgehead atoms. The van der Waals surface area contributed by atoms with E-state index in [9.17, 15) is 4.79 Å². The van der Waals surface area contributed by atoms with Crippen LogP contribution in [-0.4, -0.2) is 86.4 Å². The van der Waals surface area contributed by atoms with Crippen LogP contribution in [-0.2, 0) is 14.3 Å². The van der Waals surface area contributed by atoms with E-state index in [2.05, 4.69) is 15.6 Å². The van der Waals surface area contributed by atoms with E-state index in [0.29, 0.717) is 12.0 Å². The van der Waals surface area contributed by atoms with Crippen molar-refractivity contribution in [1.29, 1.82) is 0 Å². The standard InChI is InChI=1S/C19H34N4O3S/c1-23(2)17(24)13-21-18(20-12-16-5-3-4-8-25-16)22-15-6-9-26-19(11-15)7-10-27-14-19/h15-16H,3-14H2,1-2H3,(H2,20,21,22). The number of thioether (sulfide) groups is 1. The number of hydrogen-bond donors (Lipinski definition) is 2. The molecule has 0 aromatic heterocycles. The Morgan fingerprint density at radius 2 is 2.19 bits per heavy atom. The topological polar surface area (TPSA) is 75.2 Å². The fourth-order valence-corrected chi connectivity index (χ4v) is 5.21. The van der Waals surface area contributed by atoms with Gasteiger partial charge in [0.05, 0.1) is 11.7 Å². The van der Waals surface area contributed by atoms with Crippen LogP contribution in [0.3, 0.4) is 0 Å². The van der Waals surface area contributed by atoms with E-state index < -0.39 is 0 Å². The molecule has 0 saturated carbocycles. The number of nitrogens with one attached hydrogen (secondary N) is 2. The lowest BCUT2D eigenvalue weighted by Gasteiger charge is -2.38. The van der Waals surface area contributed by atoms with Gasteiger partial charge in [-0.15, -0.1) is 0 Å². The molecule has 3 atom stereocenters. The predicted octanol–water partition coefficient (Wildman–Crippen LogP) is 1.23. The average molecular weight is 399 g/mol. The molecule has 1 amide bonds. The van der Waals surface area contributed by atoms with Crippen molar-refractivity contribution >= 4 is 23.6 Å². The number of carbonyl (C=O) groups is 1. The van der Waals surface area contributed by atoms with Crippen LogP contribution in [0.15, 0.2) is 4.99 Å². The molecule has 3 aliphatic rings. The highest BCUT2D eigenvalue weighted by Gasteiger charge is 2.40. The van der Waals surface area contributed by atoms with Gasteiger partial charge in [0.15, 0.2) is 5.96 Å². The molecular weight excluding hydrogens is 364 g/mol. The highest BCUT2D eigenvalue weighted by molar-refractivity contribution is 7.99. The molecule has 3 aliphatic heterocycles. The first kappa shape index (κ1) is 20.7. The number of amides is 1. The molecule has 3 rings (SSSR count). The molecule has 3 unspecified atom stereocenters. The molecule has 0 aromatic carbocycles. The number of ether oxygens (including phenoxy) is 2. The minimum Gasteiger partial charge on any atom is -0.376 e. The van der Waals surface area contributed by atoms with Crippen LogP contribution in [0.5, 0.6) is 0 Å². The lowest BCUT2D eigenvalue weighted by molar-refractivity contribution is -0.127. The lowest BCUT2D eigenvalue weighted by Crippen LogP contribution is -2.52. The van der Waals surface area contributed by atoms with E-state index in [1.54, 1.807) is 19.0 Å². The van der Waals surface area contributed by atoms with E-state index in [0.717, 1.165) is 57.6 Å². The summed E-state index contributed by atoms with van der Waals surface area (Å²) in [5, 5.41) is 6.97. The van der Waals surface area contributed by atoms with Gasteiger partial charge < -0.3 is 25.0 Å². The van der Waals surface area contributed by atoms with Gasteiger partial charge >= 0.3 is 0 Å². The summed E-state index contributed by atoms with van der Waals surface area (Å²) >= 11 is 1.98. The van der Waals surface area contributed by atoms with Crippen LogP contribution in [0.4, 0.5) is 0 Å². The van der Waals surface area contributed by atoms with E-state index >= 15 is 0 Å². The largest absolute Gasteiger partial charge is 0.376 e. The van der Waals surface area contributed by atoms with Crippen LogP contribution < -0.4 is 10.6 Å². The first-order chi connectivity index (χ1) is 13.1. The molecule has 2 N–H and O–H groups in total. The Balaban J connectivity index is 1.57. The molecule has 27 heavy (non-hydrogen) atoms. The van der Waals surface area contributed by atoms with Gasteiger partial charge in [-0.3, -0.25) is 4.79 Å². The monoisotopic (exact) mass is 398 g/mol. The van der Waals surface area contributed by atoms with Gasteiger partial charge in [0.2, 0.25) is 5.91 Å². The second-order valence-electron chi connectivity index (χ2n) is 7.99. The van der Waals surface area contributed by atoms with Crippen molar-refractivity contribution in [2.75, 3.05) is 51.9 Å². The zero-order valence-corrected chi connectivity index (χ0v) is 17.5. The van der Waals surface area contributed by atoms with Crippen LogP contribution in [0.25, 0.3) is 0 Å². The average Bonchev–Trinajstić information content (AvgIpc) is 3.11. The normalized spacial score (nSPS) is 31.7. The summed E-state index contributed by atoms with van der Waals surface area (Å²) < 4.78 is 11.9. The van der Waals surface area contributed by atoms with Gasteiger partial charge in [0.1, 0.15) is 6.54 Å². The molecular formula is C19H34N4O3S. The van der Waals surface area contributed by atoms with Gasteiger partial charge in [-0.25, -0.2) is 4.99 Å². The quantitative estimate of drug-likeness (QED) is 0.536. The fourth-order valence-electron chi connectivity index (χ4n) is 3.83. The van der Waals surface area contributed by atoms with Crippen molar-refractivity contribution in [3.63, 3.8) is 0 Å². The molecule has 0 aliphatic carbocycles. The van der Waals surface area contributed by atoms with Gasteiger partial charge in [0, 0.05) is 45.6 Å². The molecule has 0 radical (unpaired) electrons. The highest BCUT2D eigenvalue weighted by Crippen LogP contribution is 2.38. The summed E-state index contributed by atoms with van der Waals surface area (Å²) in [7, 11) is 3.52. The summed E-state index contributed by atoms with van der Waals surface area (Å²) in [6.45, 7) is 2.50. The maximum atomic E-state index is 12.0. The van der Waals surface area contributed by atoms with Gasteiger partial charge in [0.25, 0.3) is 0 Å². The smallest absolute Gasteiger partial charge is 0.243 e. The third kappa shape index (κ3) is 6.26. The number of guanidine groups is 1. The molecule has 0 aromatic rings. The molecule has 3 fully saturated rings. The SMILES string of the molecule is CN(C)C(=O)CN=C(NCC1CCCCO1)NC1CCOC2(CCSC2)C1. The summed E-state index contributed by atoms with van der Waals surface area (Å²) in [6, 6.07) is 0.324. The summed E-state index contributed by atoms with van der Waals surface area (Å²) in [5.41, 5.74) is 0.0254. The molecule has 3 heterocycles. The van der Waals surface area contributed by atoms with Crippen LogP contribution >= 0.6 is 11.8 Å². The fraction of sp³-hybridized carbons (Fsp3) is 0.895. The Kier molecular flexibility index (Phi) is 7.66. The first-order valence-electron chi connectivity index (χ1n) is 10.1. The zero-order chi connectivity index (χ0) is 19.1. The summed E-state index contributed by atoms with van der Waals surface area (Å²) in [5.74, 6) is 2.98. The second-order valence-corrected chi connectivity index (χ2v) is 9.10. The van der Waals surface area contributed by atoms with Gasteiger partial charge in [-0.1, -0.05) is 0 Å². The minimum atomic E-state index is 0.000608. The number of nitrogens with zero attached hydrogens (tertiary/aromatic N) is 2. The first-order valence-corrected chi connectivity index (χ1v) is 11.3. The highest BCUT2D eigenvalue weighted by atomic mass is 32.2. The number of aliphatic imine (C=N–C) groups is 1. The van der Waals surface area contributed by atoms with E-state index in [-0.39, 0.29) is 24.2 Å². The summed E-state index contributed by atoms with van der Waals surface area (Å²) in [6.07, 6.45) is 6.76. The molecule has 8 heteroatoms. The van der Waals surface area contributed by atoms with E-state index in [1.807, 2.05) is 11.8 Å². The number of carbonyl (C=O) groups excluding carboxylic acids is 1. The third-order valence-electron chi connectivity index (χ3n) is 5.54. The number of likely N-dealkylation sites (N-methyl/N-ethyl adjacent to an activating group) is 1. The molecule has 3 saturated heterocycles. The van der Waals surface area contributed by atoms with E-state index in [4.69, 9.17) is 9.47 Å². The maximum absolute atomic E-state index is 12.0. The Hall–Kier alpha value is -0.990. The van der Waals surface area contributed by atoms with Crippen LogP contribution in [0, 0.1) is 0 Å². The van der Waals surface area contributed by atoms with Gasteiger partial charge in [-0.2, -0.15) is 11.8 Å². The summed E-state index contributed by atoms with van der Waals surface area (Å²) in [4.78, 5) is 18.1. The Bertz CT molecular complexity index is 517. The molecule has 1 spiro atoms. The van der Waals surface area contributed by atoms with Crippen molar-refractivity contribution in [2.24, 2.45) is 4.99 Å². The molecule has 154 valence electrons. The Morgan fingerprint density at radius 1 is 1.30 bits per heavy atom. The van der Waals surface area contributed by atoms with Crippen LogP contribution in [0.2, 0.25) is 0 Å². The Labute approximate surface area is 167 Å². The van der Waals surface area contributed by atoms with Crippen molar-refractivity contribution in [3.8, 4) is 0 Å². The van der Waals surface area contributed by atoms with Gasteiger partial charge in [-0.05, 0) is 44.3 Å². The number of hydrogen-bond acceptors (Lipinski definition) is 5. The minimum absolute atomic E-state index is 0.000608. The number of rotatable bonds is 5. The van der Waals surface area contributed by atoms with Crippen molar-refractivity contribution in [1.82, 2.24) is 15.5 Å². The lowest BCUT2D eigenvalue weighted by atomic mass is 9.90. The van der Waals surface area contributed by atoms with Crippen molar-refractivity contribution in [3.05, 3.63) is 0 Å². The molecule has 7 nitrogen and oxygen atoms in total. The van der Waals surface area contributed by atoms with E-state index in [1.165, 1.54) is 12.2 Å². The third-order valence-corrected chi connectivity index (χ3v) is 6.77. The van der Waals surface area contributed by atoms with Crippen molar-refractivity contribution in [2.45, 2.75) is 56.3 Å². The maximum Gasteiger partial charge on any atom is 0.243 e.